The number of benzene rings is 1. The lowest BCUT2D eigenvalue weighted by Crippen LogP contribution is -2.06. The summed E-state index contributed by atoms with van der Waals surface area (Å²) in [6, 6.07) is 7.53. The molecule has 2 rings (SSSR count). The van der Waals surface area contributed by atoms with Crippen LogP contribution in [-0.2, 0) is 15.7 Å². The van der Waals surface area contributed by atoms with E-state index in [0.717, 1.165) is 24.6 Å². The molecule has 126 valence electrons. The molecule has 0 amide bonds. The van der Waals surface area contributed by atoms with Crippen LogP contribution in [0.25, 0.3) is 5.57 Å². The number of hydrogen-bond donors (Lipinski definition) is 1. The van der Waals surface area contributed by atoms with Gasteiger partial charge in [-0.3, -0.25) is 0 Å². The molecule has 2 aromatic rings. The van der Waals surface area contributed by atoms with Crippen molar-refractivity contribution in [1.82, 2.24) is 4.98 Å². The van der Waals surface area contributed by atoms with Crippen LogP contribution in [0.3, 0.4) is 0 Å². The largest absolute Gasteiger partial charge is 0.503 e. The number of para-hydroxylation sites is 1. The van der Waals surface area contributed by atoms with Gasteiger partial charge in [-0.25, -0.2) is 9.78 Å². The second-order valence-electron chi connectivity index (χ2n) is 4.55. The van der Waals surface area contributed by atoms with Gasteiger partial charge in [-0.15, -0.1) is 0 Å². The first-order chi connectivity index (χ1) is 11.3. The predicted octanol–water partition coefficient (Wildman–Crippen LogP) is 3.96. The summed E-state index contributed by atoms with van der Waals surface area (Å²) < 4.78 is 48.3. The van der Waals surface area contributed by atoms with Crippen molar-refractivity contribution < 1.29 is 32.5 Å². The SMILES string of the molecule is CO/C=C(/C(=O)O)c1ccccc1Oc1cc(C(F)(F)F)ccn1. The zero-order valence-corrected chi connectivity index (χ0v) is 12.4. The molecule has 0 aliphatic rings. The van der Waals surface area contributed by atoms with E-state index in [2.05, 4.69) is 4.98 Å². The molecule has 1 N–H and O–H groups in total. The highest BCUT2D eigenvalue weighted by Crippen LogP contribution is 2.33. The molecule has 0 saturated carbocycles. The summed E-state index contributed by atoms with van der Waals surface area (Å²) in [5, 5.41) is 9.23. The third-order valence-corrected chi connectivity index (χ3v) is 2.92. The van der Waals surface area contributed by atoms with E-state index in [0.29, 0.717) is 0 Å². The fraction of sp³-hybridized carbons (Fsp3) is 0.125. The summed E-state index contributed by atoms with van der Waals surface area (Å²) in [5.74, 6) is -1.54. The van der Waals surface area contributed by atoms with Gasteiger partial charge >= 0.3 is 12.1 Å². The Hall–Kier alpha value is -3.03. The molecule has 0 fully saturated rings. The number of ether oxygens (including phenoxy) is 2. The normalized spacial score (nSPS) is 11.9. The number of hydrogen-bond acceptors (Lipinski definition) is 4. The first-order valence-electron chi connectivity index (χ1n) is 6.59. The van der Waals surface area contributed by atoms with Crippen LogP contribution in [0.1, 0.15) is 11.1 Å². The van der Waals surface area contributed by atoms with Gasteiger partial charge in [-0.1, -0.05) is 18.2 Å². The van der Waals surface area contributed by atoms with Gasteiger partial charge in [0.25, 0.3) is 0 Å². The third-order valence-electron chi connectivity index (χ3n) is 2.92. The van der Waals surface area contributed by atoms with Gasteiger partial charge in [0.05, 0.1) is 18.9 Å². The third kappa shape index (κ3) is 4.03. The molecule has 0 saturated heterocycles. The van der Waals surface area contributed by atoms with Gasteiger partial charge in [0.2, 0.25) is 5.88 Å². The summed E-state index contributed by atoms with van der Waals surface area (Å²) in [6.45, 7) is 0. The van der Waals surface area contributed by atoms with Crippen molar-refractivity contribution in [2.24, 2.45) is 0 Å². The van der Waals surface area contributed by atoms with Crippen molar-refractivity contribution >= 4 is 11.5 Å². The summed E-state index contributed by atoms with van der Waals surface area (Å²) in [5.41, 5.74) is -0.984. The molecule has 5 nitrogen and oxygen atoms in total. The monoisotopic (exact) mass is 339 g/mol. The highest BCUT2D eigenvalue weighted by molar-refractivity contribution is 6.15. The summed E-state index contributed by atoms with van der Waals surface area (Å²) in [7, 11) is 1.28. The molecule has 0 atom stereocenters. The number of rotatable bonds is 5. The van der Waals surface area contributed by atoms with Gasteiger partial charge < -0.3 is 14.6 Å². The van der Waals surface area contributed by atoms with E-state index < -0.39 is 17.7 Å². The van der Waals surface area contributed by atoms with Crippen LogP contribution in [-0.4, -0.2) is 23.2 Å². The Morgan fingerprint density at radius 2 is 1.96 bits per heavy atom. The minimum atomic E-state index is -4.54. The maximum absolute atomic E-state index is 12.7. The Labute approximate surface area is 135 Å². The first kappa shape index (κ1) is 17.3. The Bertz CT molecular complexity index is 772. The van der Waals surface area contributed by atoms with Crippen LogP contribution >= 0.6 is 0 Å². The number of carboxylic acid groups (broad SMARTS) is 1. The van der Waals surface area contributed by atoms with E-state index in [4.69, 9.17) is 9.47 Å². The van der Waals surface area contributed by atoms with E-state index >= 15 is 0 Å². The molecule has 0 radical (unpaired) electrons. The van der Waals surface area contributed by atoms with E-state index in [1.807, 2.05) is 0 Å². The number of aromatic nitrogens is 1. The molecule has 24 heavy (non-hydrogen) atoms. The van der Waals surface area contributed by atoms with Gasteiger partial charge in [-0.05, 0) is 12.1 Å². The lowest BCUT2D eigenvalue weighted by atomic mass is 10.1. The zero-order valence-electron chi connectivity index (χ0n) is 12.4. The minimum absolute atomic E-state index is 0.0371. The average molecular weight is 339 g/mol. The first-order valence-corrected chi connectivity index (χ1v) is 6.59. The average Bonchev–Trinajstić information content (AvgIpc) is 2.53. The number of nitrogens with zero attached hydrogens (tertiary/aromatic N) is 1. The van der Waals surface area contributed by atoms with Crippen molar-refractivity contribution in [2.45, 2.75) is 6.18 Å². The van der Waals surface area contributed by atoms with Gasteiger partial charge in [0, 0.05) is 17.8 Å². The molecule has 8 heteroatoms. The number of alkyl halides is 3. The lowest BCUT2D eigenvalue weighted by molar-refractivity contribution is -0.137. The predicted molar refractivity (Wildman–Crippen MR) is 78.4 cm³/mol. The molecule has 0 bridgehead atoms. The second kappa shape index (κ2) is 7.03. The van der Waals surface area contributed by atoms with E-state index in [-0.39, 0.29) is 22.8 Å². The van der Waals surface area contributed by atoms with Crippen LogP contribution in [0.4, 0.5) is 13.2 Å². The van der Waals surface area contributed by atoms with Crippen LogP contribution < -0.4 is 4.74 Å². The number of carbonyl (C=O) groups is 1. The van der Waals surface area contributed by atoms with Crippen LogP contribution in [0.2, 0.25) is 0 Å². The standard InChI is InChI=1S/C16H12F3NO4/c1-23-9-12(15(21)22)11-4-2-3-5-13(11)24-14-8-10(6-7-20-14)16(17,18)19/h2-9H,1H3,(H,21,22)/b12-9+. The van der Waals surface area contributed by atoms with Crippen molar-refractivity contribution in [3.8, 4) is 11.6 Å². The summed E-state index contributed by atoms with van der Waals surface area (Å²) in [4.78, 5) is 15.0. The van der Waals surface area contributed by atoms with Crippen LogP contribution in [0.5, 0.6) is 11.6 Å². The second-order valence-corrected chi connectivity index (χ2v) is 4.55. The molecule has 0 aliphatic heterocycles. The molecule has 1 heterocycles. The molecule has 0 unspecified atom stereocenters. The number of carboxylic acids is 1. The summed E-state index contributed by atoms with van der Waals surface area (Å²) in [6.07, 6.45) is -2.57. The quantitative estimate of drug-likeness (QED) is 0.659. The summed E-state index contributed by atoms with van der Waals surface area (Å²) >= 11 is 0. The number of methoxy groups -OCH3 is 1. The highest BCUT2D eigenvalue weighted by atomic mass is 19.4. The van der Waals surface area contributed by atoms with Crippen molar-refractivity contribution in [3.63, 3.8) is 0 Å². The van der Waals surface area contributed by atoms with Crippen molar-refractivity contribution in [1.29, 1.82) is 0 Å². The van der Waals surface area contributed by atoms with E-state index in [9.17, 15) is 23.1 Å². The molecule has 1 aromatic carbocycles. The van der Waals surface area contributed by atoms with Crippen LogP contribution in [0.15, 0.2) is 48.9 Å². The Morgan fingerprint density at radius 1 is 1.25 bits per heavy atom. The molecule has 1 aromatic heterocycles. The topological polar surface area (TPSA) is 68.7 Å². The van der Waals surface area contributed by atoms with Gasteiger partial charge in [0.15, 0.2) is 0 Å². The van der Waals surface area contributed by atoms with Crippen molar-refractivity contribution in [3.05, 3.63) is 60.0 Å². The van der Waals surface area contributed by atoms with Crippen molar-refractivity contribution in [2.75, 3.05) is 7.11 Å². The molecular formula is C16H12F3NO4. The maximum atomic E-state index is 12.7. The smallest absolute Gasteiger partial charge is 0.416 e. The van der Waals surface area contributed by atoms with Gasteiger partial charge in [0.1, 0.15) is 11.3 Å². The van der Waals surface area contributed by atoms with E-state index in [1.165, 1.54) is 19.2 Å². The lowest BCUT2D eigenvalue weighted by Gasteiger charge is -2.12. The zero-order chi connectivity index (χ0) is 17.7. The Balaban J connectivity index is 2.42. The van der Waals surface area contributed by atoms with E-state index in [1.54, 1.807) is 12.1 Å². The number of aliphatic carboxylic acids is 1. The minimum Gasteiger partial charge on any atom is -0.503 e. The highest BCUT2D eigenvalue weighted by Gasteiger charge is 2.31. The van der Waals surface area contributed by atoms with Gasteiger partial charge in [-0.2, -0.15) is 13.2 Å². The fourth-order valence-electron chi connectivity index (χ4n) is 1.88. The fourth-order valence-corrected chi connectivity index (χ4v) is 1.88. The Morgan fingerprint density at radius 3 is 2.58 bits per heavy atom. The number of pyridine rings is 1. The maximum Gasteiger partial charge on any atom is 0.416 e. The molecule has 0 aliphatic carbocycles. The molecular weight excluding hydrogens is 327 g/mol. The van der Waals surface area contributed by atoms with Crippen LogP contribution in [0, 0.1) is 0 Å². The Kier molecular flexibility index (Phi) is 5.08. The molecule has 0 spiro atoms. The number of halogens is 3.